The molecule has 0 aliphatic rings. The maximum absolute atomic E-state index is 11.6. The van der Waals surface area contributed by atoms with E-state index in [-0.39, 0.29) is 11.2 Å². The highest BCUT2D eigenvalue weighted by atomic mass is 16.2. The highest BCUT2D eigenvalue weighted by molar-refractivity contribution is 5.74. The molecule has 0 spiro atoms. The summed E-state index contributed by atoms with van der Waals surface area (Å²) in [6, 6.07) is 3.68. The number of aromatic amines is 3. The second-order valence-corrected chi connectivity index (χ2v) is 4.52. The summed E-state index contributed by atoms with van der Waals surface area (Å²) in [5, 5.41) is 0. The van der Waals surface area contributed by atoms with Gasteiger partial charge in [0, 0.05) is 25.9 Å². The van der Waals surface area contributed by atoms with Crippen molar-refractivity contribution in [3.8, 4) is 11.4 Å². The maximum atomic E-state index is 11.6. The number of anilines is 1. The van der Waals surface area contributed by atoms with Crippen LogP contribution in [0.4, 0.5) is 5.82 Å². The van der Waals surface area contributed by atoms with Crippen LogP contribution in [0.3, 0.4) is 0 Å². The predicted octanol–water partition coefficient (Wildman–Crippen LogP) is 0.0675. The number of H-pyrrole nitrogens is 3. The second-order valence-electron chi connectivity index (χ2n) is 4.52. The molecule has 0 aliphatic carbocycles. The largest absolute Gasteiger partial charge is 0.363 e. The van der Waals surface area contributed by atoms with Crippen LogP contribution in [0.5, 0.6) is 0 Å². The van der Waals surface area contributed by atoms with Crippen LogP contribution in [0.2, 0.25) is 0 Å². The Balaban J connectivity index is 2.12. The van der Waals surface area contributed by atoms with E-state index in [1.807, 2.05) is 31.1 Å². The van der Waals surface area contributed by atoms with Gasteiger partial charge in [-0.1, -0.05) is 0 Å². The van der Waals surface area contributed by atoms with Gasteiger partial charge in [0.15, 0.2) is 5.65 Å². The first kappa shape index (κ1) is 12.2. The average Bonchev–Trinajstić information content (AvgIpc) is 2.83. The summed E-state index contributed by atoms with van der Waals surface area (Å²) >= 11 is 0. The average molecular weight is 272 g/mol. The van der Waals surface area contributed by atoms with Crippen molar-refractivity contribution in [1.82, 2.24) is 24.9 Å². The SMILES string of the molecule is CN(C)c1ccc(-c2nc3[nH]c(=O)[nH]c(=O)c3[nH]2)cn1. The van der Waals surface area contributed by atoms with Crippen molar-refractivity contribution in [2.45, 2.75) is 0 Å². The highest BCUT2D eigenvalue weighted by Crippen LogP contribution is 2.18. The van der Waals surface area contributed by atoms with Crippen LogP contribution < -0.4 is 16.1 Å². The van der Waals surface area contributed by atoms with Gasteiger partial charge in [-0.2, -0.15) is 0 Å². The second kappa shape index (κ2) is 4.34. The molecule has 20 heavy (non-hydrogen) atoms. The monoisotopic (exact) mass is 272 g/mol. The van der Waals surface area contributed by atoms with Gasteiger partial charge in [-0.15, -0.1) is 0 Å². The smallest absolute Gasteiger partial charge is 0.327 e. The molecule has 0 fully saturated rings. The zero-order chi connectivity index (χ0) is 14.3. The Morgan fingerprint density at radius 3 is 2.55 bits per heavy atom. The maximum Gasteiger partial charge on any atom is 0.327 e. The summed E-state index contributed by atoms with van der Waals surface area (Å²) in [7, 11) is 3.79. The van der Waals surface area contributed by atoms with Gasteiger partial charge < -0.3 is 9.88 Å². The topological polar surface area (TPSA) is 111 Å². The first-order valence-electron chi connectivity index (χ1n) is 5.90. The van der Waals surface area contributed by atoms with E-state index in [4.69, 9.17) is 0 Å². The van der Waals surface area contributed by atoms with E-state index in [0.717, 1.165) is 11.4 Å². The van der Waals surface area contributed by atoms with Crippen molar-refractivity contribution in [2.24, 2.45) is 0 Å². The van der Waals surface area contributed by atoms with Crippen molar-refractivity contribution in [1.29, 1.82) is 0 Å². The Morgan fingerprint density at radius 2 is 1.90 bits per heavy atom. The van der Waals surface area contributed by atoms with E-state index in [0.29, 0.717) is 5.82 Å². The zero-order valence-corrected chi connectivity index (χ0v) is 10.9. The number of nitrogens with zero attached hydrogens (tertiary/aromatic N) is 3. The first-order chi connectivity index (χ1) is 9.54. The van der Waals surface area contributed by atoms with E-state index in [9.17, 15) is 9.59 Å². The Bertz CT molecular complexity index is 871. The quantitative estimate of drug-likeness (QED) is 0.611. The Hall–Kier alpha value is -2.90. The van der Waals surface area contributed by atoms with Gasteiger partial charge in [0.25, 0.3) is 5.56 Å². The molecule has 0 bridgehead atoms. The molecule has 102 valence electrons. The molecule has 3 heterocycles. The Labute approximate surface area is 112 Å². The van der Waals surface area contributed by atoms with E-state index < -0.39 is 11.2 Å². The fourth-order valence-electron chi connectivity index (χ4n) is 1.86. The number of aromatic nitrogens is 5. The standard InChI is InChI=1S/C12H12N6O2/c1-18(2)7-4-3-6(5-13-7)9-14-8-10(15-9)16-12(20)17-11(8)19/h3-5H,1-2H3,(H3,14,15,16,17,19,20). The molecule has 0 amide bonds. The molecular formula is C12H12N6O2. The summed E-state index contributed by atoms with van der Waals surface area (Å²) in [5.41, 5.74) is 0.107. The van der Waals surface area contributed by atoms with Crippen LogP contribution >= 0.6 is 0 Å². The molecule has 8 nitrogen and oxygen atoms in total. The third-order valence-electron chi connectivity index (χ3n) is 2.87. The van der Waals surface area contributed by atoms with E-state index >= 15 is 0 Å². The minimum atomic E-state index is -0.582. The van der Waals surface area contributed by atoms with Crippen LogP contribution in [0.25, 0.3) is 22.6 Å². The summed E-state index contributed by atoms with van der Waals surface area (Å²) < 4.78 is 0. The molecule has 8 heteroatoms. The van der Waals surface area contributed by atoms with Gasteiger partial charge >= 0.3 is 5.69 Å². The van der Waals surface area contributed by atoms with Gasteiger partial charge in [-0.3, -0.25) is 14.8 Å². The van der Waals surface area contributed by atoms with Crippen molar-refractivity contribution >= 4 is 17.0 Å². The molecule has 0 saturated heterocycles. The minimum absolute atomic E-state index is 0.227. The lowest BCUT2D eigenvalue weighted by Gasteiger charge is -2.10. The number of fused-ring (bicyclic) bond motifs is 1. The molecular weight excluding hydrogens is 260 g/mol. The molecule has 3 aromatic rings. The summed E-state index contributed by atoms with van der Waals surface area (Å²) in [6.07, 6.45) is 1.65. The van der Waals surface area contributed by atoms with Crippen LogP contribution in [0.1, 0.15) is 0 Å². The van der Waals surface area contributed by atoms with Gasteiger partial charge in [0.05, 0.1) is 0 Å². The van der Waals surface area contributed by atoms with Crippen LogP contribution in [-0.4, -0.2) is 39.0 Å². The highest BCUT2D eigenvalue weighted by Gasteiger charge is 2.09. The molecule has 3 N–H and O–H groups in total. The van der Waals surface area contributed by atoms with E-state index in [1.165, 1.54) is 0 Å². The molecule has 0 unspecified atom stereocenters. The zero-order valence-electron chi connectivity index (χ0n) is 10.9. The molecule has 0 aliphatic heterocycles. The third-order valence-corrected chi connectivity index (χ3v) is 2.87. The summed E-state index contributed by atoms with van der Waals surface area (Å²) in [5.74, 6) is 1.29. The fourth-order valence-corrected chi connectivity index (χ4v) is 1.86. The molecule has 3 aromatic heterocycles. The van der Waals surface area contributed by atoms with Crippen molar-refractivity contribution < 1.29 is 0 Å². The van der Waals surface area contributed by atoms with Crippen LogP contribution in [0.15, 0.2) is 27.9 Å². The van der Waals surface area contributed by atoms with Gasteiger partial charge in [-0.25, -0.2) is 14.8 Å². The third kappa shape index (κ3) is 1.96. The summed E-state index contributed by atoms with van der Waals surface area (Å²) in [6.45, 7) is 0. The fraction of sp³-hybridized carbons (Fsp3) is 0.167. The number of hydrogen-bond acceptors (Lipinski definition) is 5. The Kier molecular flexibility index (Phi) is 2.63. The number of nitrogens with one attached hydrogen (secondary N) is 3. The lowest BCUT2D eigenvalue weighted by atomic mass is 10.2. The number of imidazole rings is 1. The molecule has 0 atom stereocenters. The normalized spacial score (nSPS) is 10.9. The van der Waals surface area contributed by atoms with Crippen molar-refractivity contribution in [3.63, 3.8) is 0 Å². The predicted molar refractivity (Wildman–Crippen MR) is 74.9 cm³/mol. The van der Waals surface area contributed by atoms with Crippen molar-refractivity contribution in [2.75, 3.05) is 19.0 Å². The number of pyridine rings is 1. The minimum Gasteiger partial charge on any atom is -0.363 e. The first-order valence-corrected chi connectivity index (χ1v) is 5.90. The summed E-state index contributed by atoms with van der Waals surface area (Å²) in [4.78, 5) is 40.6. The number of rotatable bonds is 2. The lowest BCUT2D eigenvalue weighted by Crippen LogP contribution is -2.21. The van der Waals surface area contributed by atoms with E-state index in [1.54, 1.807) is 6.20 Å². The molecule has 3 rings (SSSR count). The van der Waals surface area contributed by atoms with Gasteiger partial charge in [0.2, 0.25) is 0 Å². The number of hydrogen-bond donors (Lipinski definition) is 3. The molecule has 0 aromatic carbocycles. The van der Waals surface area contributed by atoms with E-state index in [2.05, 4.69) is 24.9 Å². The molecule has 0 radical (unpaired) electrons. The Morgan fingerprint density at radius 1 is 1.10 bits per heavy atom. The van der Waals surface area contributed by atoms with Gasteiger partial charge in [0.1, 0.15) is 17.2 Å². The van der Waals surface area contributed by atoms with Gasteiger partial charge in [-0.05, 0) is 12.1 Å². The molecule has 0 saturated carbocycles. The van der Waals surface area contributed by atoms with Crippen LogP contribution in [0, 0.1) is 0 Å². The lowest BCUT2D eigenvalue weighted by molar-refractivity contribution is 1.07. The van der Waals surface area contributed by atoms with Crippen LogP contribution in [-0.2, 0) is 0 Å². The van der Waals surface area contributed by atoms with Crippen molar-refractivity contribution in [3.05, 3.63) is 39.2 Å².